The van der Waals surface area contributed by atoms with E-state index in [4.69, 9.17) is 4.74 Å². The highest BCUT2D eigenvalue weighted by molar-refractivity contribution is 9.10. The van der Waals surface area contributed by atoms with Gasteiger partial charge in [0, 0.05) is 11.1 Å². The average Bonchev–Trinajstić information content (AvgIpc) is 2.15. The molecule has 1 aromatic carbocycles. The fourth-order valence-electron chi connectivity index (χ4n) is 1.10. The van der Waals surface area contributed by atoms with Gasteiger partial charge in [0.25, 0.3) is 0 Å². The second-order valence-corrected chi connectivity index (χ2v) is 3.80. The minimum absolute atomic E-state index is 0.0512. The van der Waals surface area contributed by atoms with Crippen molar-refractivity contribution < 1.29 is 17.9 Å². The molecular formula is C10H10BrF3O. The van der Waals surface area contributed by atoms with E-state index in [9.17, 15) is 13.2 Å². The first-order valence-corrected chi connectivity index (χ1v) is 5.17. The van der Waals surface area contributed by atoms with E-state index in [1.54, 1.807) is 13.0 Å². The van der Waals surface area contributed by atoms with Crippen LogP contribution in [0.15, 0.2) is 22.7 Å². The normalized spacial score (nSPS) is 11.8. The second kappa shape index (κ2) is 4.99. The zero-order chi connectivity index (χ0) is 11.5. The molecule has 0 radical (unpaired) electrons. The van der Waals surface area contributed by atoms with Crippen LogP contribution < -0.4 is 0 Å². The molecule has 0 saturated heterocycles. The first-order valence-electron chi connectivity index (χ1n) is 4.38. The molecule has 0 bridgehead atoms. The summed E-state index contributed by atoms with van der Waals surface area (Å²) in [5.41, 5.74) is -0.146. The third-order valence-electron chi connectivity index (χ3n) is 1.81. The highest BCUT2D eigenvalue weighted by atomic mass is 79.9. The van der Waals surface area contributed by atoms with E-state index < -0.39 is 11.7 Å². The summed E-state index contributed by atoms with van der Waals surface area (Å²) in [6, 6.07) is 4.09. The Balaban J connectivity index is 2.95. The molecule has 0 unspecified atom stereocenters. The van der Waals surface area contributed by atoms with Gasteiger partial charge in [0.15, 0.2) is 0 Å². The summed E-state index contributed by atoms with van der Waals surface area (Å²) in [4.78, 5) is 0. The topological polar surface area (TPSA) is 9.23 Å². The minimum atomic E-state index is -4.33. The summed E-state index contributed by atoms with van der Waals surface area (Å²) >= 11 is 2.87. The lowest BCUT2D eigenvalue weighted by Crippen LogP contribution is -2.07. The molecule has 15 heavy (non-hydrogen) atoms. The standard InChI is InChI=1S/C10H10BrF3O/c1-2-15-6-7-3-4-9(11)8(5-7)10(12,13)14/h3-5H,2,6H2,1H3. The Morgan fingerprint density at radius 1 is 1.33 bits per heavy atom. The molecule has 0 aromatic heterocycles. The number of alkyl halides is 3. The number of halogens is 4. The molecule has 0 heterocycles. The number of benzene rings is 1. The number of ether oxygens (including phenoxy) is 1. The maximum absolute atomic E-state index is 12.5. The fraction of sp³-hybridized carbons (Fsp3) is 0.400. The van der Waals surface area contributed by atoms with Gasteiger partial charge in [-0.05, 0) is 24.6 Å². The van der Waals surface area contributed by atoms with Crippen molar-refractivity contribution in [2.24, 2.45) is 0 Å². The Morgan fingerprint density at radius 2 is 2.00 bits per heavy atom. The second-order valence-electron chi connectivity index (χ2n) is 2.95. The summed E-state index contributed by atoms with van der Waals surface area (Å²) in [5.74, 6) is 0. The molecule has 1 nitrogen and oxygen atoms in total. The SMILES string of the molecule is CCOCc1ccc(Br)c(C(F)(F)F)c1. The summed E-state index contributed by atoms with van der Waals surface area (Å²) in [5, 5.41) is 0. The first-order chi connectivity index (χ1) is 6.95. The predicted octanol–water partition coefficient (Wildman–Crippen LogP) is 4.00. The van der Waals surface area contributed by atoms with E-state index in [-0.39, 0.29) is 11.1 Å². The highest BCUT2D eigenvalue weighted by Gasteiger charge is 2.32. The lowest BCUT2D eigenvalue weighted by Gasteiger charge is -2.11. The van der Waals surface area contributed by atoms with Crippen molar-refractivity contribution in [1.82, 2.24) is 0 Å². The van der Waals surface area contributed by atoms with Crippen LogP contribution in [0.2, 0.25) is 0 Å². The molecule has 0 atom stereocenters. The van der Waals surface area contributed by atoms with Crippen LogP contribution in [0.4, 0.5) is 13.2 Å². The third-order valence-corrected chi connectivity index (χ3v) is 2.50. The number of hydrogen-bond acceptors (Lipinski definition) is 1. The molecule has 0 aliphatic carbocycles. The van der Waals surface area contributed by atoms with Gasteiger partial charge in [0.2, 0.25) is 0 Å². The van der Waals surface area contributed by atoms with Crippen LogP contribution in [0, 0.1) is 0 Å². The molecule has 0 N–H and O–H groups in total. The molecule has 0 fully saturated rings. The quantitative estimate of drug-likeness (QED) is 0.814. The van der Waals surface area contributed by atoms with Crippen molar-refractivity contribution in [3.05, 3.63) is 33.8 Å². The van der Waals surface area contributed by atoms with Crippen molar-refractivity contribution >= 4 is 15.9 Å². The largest absolute Gasteiger partial charge is 0.417 e. The van der Waals surface area contributed by atoms with Crippen LogP contribution in [-0.2, 0) is 17.5 Å². The Kier molecular flexibility index (Phi) is 4.16. The summed E-state index contributed by atoms with van der Waals surface area (Å²) < 4.78 is 42.5. The minimum Gasteiger partial charge on any atom is -0.377 e. The van der Waals surface area contributed by atoms with E-state index in [1.165, 1.54) is 6.07 Å². The average molecular weight is 283 g/mol. The summed E-state index contributed by atoms with van der Waals surface area (Å²) in [6.07, 6.45) is -4.33. The van der Waals surface area contributed by atoms with Crippen molar-refractivity contribution in [3.63, 3.8) is 0 Å². The number of rotatable bonds is 3. The van der Waals surface area contributed by atoms with Gasteiger partial charge < -0.3 is 4.74 Å². The van der Waals surface area contributed by atoms with E-state index in [2.05, 4.69) is 15.9 Å². The van der Waals surface area contributed by atoms with Gasteiger partial charge in [0.1, 0.15) is 0 Å². The third kappa shape index (κ3) is 3.50. The lowest BCUT2D eigenvalue weighted by atomic mass is 10.1. The maximum Gasteiger partial charge on any atom is 0.417 e. The van der Waals surface area contributed by atoms with Crippen molar-refractivity contribution in [2.75, 3.05) is 6.61 Å². The van der Waals surface area contributed by atoms with E-state index in [0.29, 0.717) is 12.2 Å². The van der Waals surface area contributed by atoms with Crippen LogP contribution in [0.5, 0.6) is 0 Å². The molecule has 0 amide bonds. The predicted molar refractivity (Wildman–Crippen MR) is 54.5 cm³/mol. The zero-order valence-corrected chi connectivity index (χ0v) is 9.65. The first kappa shape index (κ1) is 12.5. The monoisotopic (exact) mass is 282 g/mol. The van der Waals surface area contributed by atoms with Gasteiger partial charge in [-0.15, -0.1) is 0 Å². The Labute approximate surface area is 94.4 Å². The fourth-order valence-corrected chi connectivity index (χ4v) is 1.57. The molecule has 0 spiro atoms. The number of hydrogen-bond donors (Lipinski definition) is 0. The van der Waals surface area contributed by atoms with Crippen molar-refractivity contribution in [3.8, 4) is 0 Å². The van der Waals surface area contributed by atoms with Gasteiger partial charge >= 0.3 is 6.18 Å². The molecule has 1 rings (SSSR count). The zero-order valence-electron chi connectivity index (χ0n) is 8.07. The lowest BCUT2D eigenvalue weighted by molar-refractivity contribution is -0.138. The Bertz CT molecular complexity index is 336. The van der Waals surface area contributed by atoms with Crippen LogP contribution in [-0.4, -0.2) is 6.61 Å². The van der Waals surface area contributed by atoms with Gasteiger partial charge in [-0.3, -0.25) is 0 Å². The van der Waals surface area contributed by atoms with Crippen LogP contribution in [0.25, 0.3) is 0 Å². The van der Waals surface area contributed by atoms with Crippen LogP contribution in [0.3, 0.4) is 0 Å². The van der Waals surface area contributed by atoms with Crippen LogP contribution in [0.1, 0.15) is 18.1 Å². The summed E-state index contributed by atoms with van der Waals surface area (Å²) in [7, 11) is 0. The van der Waals surface area contributed by atoms with Gasteiger partial charge in [0.05, 0.1) is 12.2 Å². The van der Waals surface area contributed by atoms with E-state index >= 15 is 0 Å². The summed E-state index contributed by atoms with van der Waals surface area (Å²) in [6.45, 7) is 2.48. The van der Waals surface area contributed by atoms with Crippen molar-refractivity contribution in [2.45, 2.75) is 19.7 Å². The molecule has 0 aliphatic rings. The molecule has 1 aromatic rings. The van der Waals surface area contributed by atoms with Crippen molar-refractivity contribution in [1.29, 1.82) is 0 Å². The van der Waals surface area contributed by atoms with Gasteiger partial charge in [-0.1, -0.05) is 22.0 Å². The van der Waals surface area contributed by atoms with E-state index in [0.717, 1.165) is 6.07 Å². The van der Waals surface area contributed by atoms with Gasteiger partial charge in [-0.2, -0.15) is 13.2 Å². The van der Waals surface area contributed by atoms with Crippen LogP contribution >= 0.6 is 15.9 Å². The smallest absolute Gasteiger partial charge is 0.377 e. The molecule has 0 aliphatic heterocycles. The molecule has 84 valence electrons. The van der Waals surface area contributed by atoms with Gasteiger partial charge in [-0.25, -0.2) is 0 Å². The Morgan fingerprint density at radius 3 is 2.53 bits per heavy atom. The molecule has 0 saturated carbocycles. The maximum atomic E-state index is 12.5. The molecular weight excluding hydrogens is 273 g/mol. The molecule has 5 heteroatoms. The Hall–Kier alpha value is -0.550. The van der Waals surface area contributed by atoms with E-state index in [1.807, 2.05) is 0 Å². The highest BCUT2D eigenvalue weighted by Crippen LogP contribution is 2.35.